The monoisotopic (exact) mass is 632 g/mol. The van der Waals surface area contributed by atoms with Gasteiger partial charge in [0.25, 0.3) is 11.5 Å². The highest BCUT2D eigenvalue weighted by Gasteiger charge is 2.32. The number of pyridine rings is 1. The number of halogens is 3. The number of nitrogens with zero attached hydrogens (tertiary/aromatic N) is 1. The van der Waals surface area contributed by atoms with Crippen LogP contribution in [0.15, 0.2) is 98.3 Å². The number of amides is 1. The van der Waals surface area contributed by atoms with Crippen LogP contribution in [-0.2, 0) is 38.8 Å². The number of hydrogen-bond donors (Lipinski definition) is 1. The molecule has 1 N–H and O–H groups in total. The summed E-state index contributed by atoms with van der Waals surface area (Å²) in [4.78, 5) is 26.4. The van der Waals surface area contributed by atoms with Crippen LogP contribution in [-0.4, -0.2) is 33.6 Å². The van der Waals surface area contributed by atoms with Gasteiger partial charge in [0.15, 0.2) is 9.84 Å². The van der Waals surface area contributed by atoms with Crippen LogP contribution in [0, 0.1) is 6.92 Å². The Bertz CT molecular complexity index is 1970. The van der Waals surface area contributed by atoms with Crippen molar-refractivity contribution in [3.05, 3.63) is 117 Å². The Morgan fingerprint density at radius 1 is 0.860 bits per heavy atom. The first-order valence-corrected chi connectivity index (χ1v) is 16.3. The summed E-state index contributed by atoms with van der Waals surface area (Å²) in [6.07, 6.45) is -3.05. The van der Waals surface area contributed by atoms with E-state index in [1.54, 1.807) is 12.1 Å². The molecule has 0 unspecified atom stereocenters. The van der Waals surface area contributed by atoms with Gasteiger partial charge in [-0.15, -0.1) is 0 Å². The number of nitrogens with one attached hydrogen (secondary N) is 1. The topological polar surface area (TPSA) is 119 Å². The predicted molar refractivity (Wildman–Crippen MR) is 154 cm³/mol. The van der Waals surface area contributed by atoms with Crippen LogP contribution in [0.2, 0.25) is 0 Å². The molecule has 0 saturated carbocycles. The molecule has 0 bridgehead atoms. The number of sulfone groups is 2. The highest BCUT2D eigenvalue weighted by atomic mass is 32.2. The van der Waals surface area contributed by atoms with E-state index in [-0.39, 0.29) is 27.7 Å². The lowest BCUT2D eigenvalue weighted by Crippen LogP contribution is -2.34. The van der Waals surface area contributed by atoms with Gasteiger partial charge in [0.05, 0.1) is 20.2 Å². The molecule has 4 aromatic rings. The van der Waals surface area contributed by atoms with Crippen molar-refractivity contribution >= 4 is 25.6 Å². The molecule has 1 heterocycles. The molecule has 0 fully saturated rings. The van der Waals surface area contributed by atoms with E-state index in [0.717, 1.165) is 34.6 Å². The Morgan fingerprint density at radius 3 is 2.00 bits per heavy atom. The quantitative estimate of drug-likeness (QED) is 0.296. The molecule has 226 valence electrons. The lowest BCUT2D eigenvalue weighted by atomic mass is 10.1. The van der Waals surface area contributed by atoms with Gasteiger partial charge in [-0.1, -0.05) is 37.3 Å². The van der Waals surface area contributed by atoms with Crippen molar-refractivity contribution in [1.29, 1.82) is 0 Å². The molecule has 0 atom stereocenters. The van der Waals surface area contributed by atoms with Gasteiger partial charge in [-0.3, -0.25) is 14.2 Å². The highest BCUT2D eigenvalue weighted by molar-refractivity contribution is 7.91. The fourth-order valence-electron chi connectivity index (χ4n) is 4.41. The van der Waals surface area contributed by atoms with Crippen LogP contribution in [0.3, 0.4) is 0 Å². The highest BCUT2D eigenvalue weighted by Crippen LogP contribution is 2.31. The Morgan fingerprint density at radius 2 is 1.44 bits per heavy atom. The Kier molecular flexibility index (Phi) is 8.70. The predicted octanol–water partition coefficient (Wildman–Crippen LogP) is 4.89. The zero-order chi connectivity index (χ0) is 31.7. The second-order valence-electron chi connectivity index (χ2n) is 9.80. The number of benzene rings is 3. The molecule has 3 aromatic carbocycles. The molecule has 8 nitrogen and oxygen atoms in total. The van der Waals surface area contributed by atoms with Crippen molar-refractivity contribution in [2.24, 2.45) is 0 Å². The minimum atomic E-state index is -4.74. The van der Waals surface area contributed by atoms with Crippen LogP contribution in [0.5, 0.6) is 0 Å². The minimum Gasteiger partial charge on any atom is -0.348 e. The number of carbonyl (C=O) groups excluding carboxylic acids is 1. The van der Waals surface area contributed by atoms with E-state index in [9.17, 15) is 39.6 Å². The molecule has 1 aromatic heterocycles. The number of carbonyl (C=O) groups is 1. The number of rotatable bonds is 8. The molecule has 0 spiro atoms. The van der Waals surface area contributed by atoms with Crippen molar-refractivity contribution in [3.8, 4) is 5.69 Å². The summed E-state index contributed by atoms with van der Waals surface area (Å²) in [5, 5.41) is 2.51. The maximum absolute atomic E-state index is 13.8. The summed E-state index contributed by atoms with van der Waals surface area (Å²) in [5.74, 6) is -0.976. The second-order valence-corrected chi connectivity index (χ2v) is 13.7. The summed E-state index contributed by atoms with van der Waals surface area (Å²) >= 11 is 0. The normalized spacial score (nSPS) is 12.2. The first-order valence-electron chi connectivity index (χ1n) is 12.9. The average Bonchev–Trinajstić information content (AvgIpc) is 2.95. The maximum atomic E-state index is 13.8. The largest absolute Gasteiger partial charge is 0.416 e. The van der Waals surface area contributed by atoms with Crippen LogP contribution < -0.4 is 10.9 Å². The van der Waals surface area contributed by atoms with Crippen LogP contribution in [0.4, 0.5) is 13.2 Å². The van der Waals surface area contributed by atoms with E-state index in [4.69, 9.17) is 0 Å². The lowest BCUT2D eigenvalue weighted by Gasteiger charge is -2.18. The zero-order valence-electron chi connectivity index (χ0n) is 23.3. The molecule has 0 saturated heterocycles. The minimum absolute atomic E-state index is 0.0619. The number of aromatic nitrogens is 1. The number of hydrogen-bond acceptors (Lipinski definition) is 6. The maximum Gasteiger partial charge on any atom is 0.416 e. The summed E-state index contributed by atoms with van der Waals surface area (Å²) in [6.45, 7) is 3.02. The fourth-order valence-corrected chi connectivity index (χ4v) is 6.54. The van der Waals surface area contributed by atoms with Crippen molar-refractivity contribution in [1.82, 2.24) is 9.88 Å². The smallest absolute Gasteiger partial charge is 0.348 e. The van der Waals surface area contributed by atoms with Gasteiger partial charge < -0.3 is 5.32 Å². The zero-order valence-corrected chi connectivity index (χ0v) is 24.9. The molecular weight excluding hydrogens is 605 g/mol. The third kappa shape index (κ3) is 6.73. The van der Waals surface area contributed by atoms with Gasteiger partial charge >= 0.3 is 6.18 Å². The van der Waals surface area contributed by atoms with Crippen LogP contribution in [0.1, 0.15) is 39.7 Å². The molecule has 0 aliphatic rings. The van der Waals surface area contributed by atoms with Gasteiger partial charge in [-0.25, -0.2) is 16.8 Å². The Hall–Kier alpha value is -4.23. The van der Waals surface area contributed by atoms with Crippen LogP contribution >= 0.6 is 0 Å². The van der Waals surface area contributed by atoms with E-state index in [0.29, 0.717) is 18.1 Å². The van der Waals surface area contributed by atoms with Crippen molar-refractivity contribution in [2.45, 2.75) is 47.7 Å². The van der Waals surface area contributed by atoms with E-state index >= 15 is 0 Å². The first-order chi connectivity index (χ1) is 20.0. The van der Waals surface area contributed by atoms with Gasteiger partial charge in [0, 0.05) is 24.2 Å². The molecule has 4 rings (SSSR count). The molecule has 1 amide bonds. The third-order valence-corrected chi connectivity index (χ3v) is 9.83. The number of alkyl halides is 3. The summed E-state index contributed by atoms with van der Waals surface area (Å²) < 4.78 is 92.3. The summed E-state index contributed by atoms with van der Waals surface area (Å²) in [6, 6.07) is 16.3. The van der Waals surface area contributed by atoms with E-state index in [1.807, 2.05) is 6.92 Å². The Labute approximate surface area is 246 Å². The van der Waals surface area contributed by atoms with Gasteiger partial charge in [-0.2, -0.15) is 13.2 Å². The van der Waals surface area contributed by atoms with Gasteiger partial charge in [0.1, 0.15) is 5.56 Å². The molecule has 0 aliphatic heterocycles. The summed E-state index contributed by atoms with van der Waals surface area (Å²) in [7, 11) is -7.79. The van der Waals surface area contributed by atoms with Gasteiger partial charge in [-0.05, 0) is 73.0 Å². The molecular formula is C30H27F3N2O6S2. The van der Waals surface area contributed by atoms with Crippen molar-refractivity contribution < 1.29 is 34.8 Å². The van der Waals surface area contributed by atoms with Crippen molar-refractivity contribution in [3.63, 3.8) is 0 Å². The van der Waals surface area contributed by atoms with E-state index in [1.165, 1.54) is 49.4 Å². The van der Waals surface area contributed by atoms with Crippen molar-refractivity contribution in [2.75, 3.05) is 6.26 Å². The van der Waals surface area contributed by atoms with Crippen LogP contribution in [0.25, 0.3) is 5.69 Å². The standard InChI is InChI=1S/C30H27F3N2O6S2/c1-4-20-8-14-25(15-9-20)43(40,41)27-17-26(28(36)34-18-21-10-12-24(13-11-21)42(3,38)39)29(37)35(19(27)2)23-7-5-6-22(16-23)30(31,32)33/h5-17H,4,18H2,1-3H3,(H,34,36). The molecule has 13 heteroatoms. The first kappa shape index (κ1) is 31.7. The Balaban J connectivity index is 1.85. The third-order valence-electron chi connectivity index (χ3n) is 6.81. The summed E-state index contributed by atoms with van der Waals surface area (Å²) in [5.41, 5.74) is -1.81. The fraction of sp³-hybridized carbons (Fsp3) is 0.200. The van der Waals surface area contributed by atoms with E-state index in [2.05, 4.69) is 5.32 Å². The molecule has 0 radical (unpaired) electrons. The second kappa shape index (κ2) is 11.8. The molecule has 0 aliphatic carbocycles. The number of aryl methyl sites for hydroxylation is 1. The average molecular weight is 633 g/mol. The van der Waals surface area contributed by atoms with E-state index < -0.39 is 53.3 Å². The van der Waals surface area contributed by atoms with Gasteiger partial charge in [0.2, 0.25) is 9.84 Å². The SMILES string of the molecule is CCc1ccc(S(=O)(=O)c2cc(C(=O)NCc3ccc(S(C)(=O)=O)cc3)c(=O)n(-c3cccc(C(F)(F)F)c3)c2C)cc1. The molecule has 43 heavy (non-hydrogen) atoms. The lowest BCUT2D eigenvalue weighted by molar-refractivity contribution is -0.137.